The van der Waals surface area contributed by atoms with Crippen LogP contribution in [0.25, 0.3) is 11.1 Å². The molecule has 47 heavy (non-hydrogen) atoms. The molecule has 4 N–H and O–H groups in total. The van der Waals surface area contributed by atoms with Gasteiger partial charge in [0.05, 0.1) is 32.0 Å². The molecule has 3 aromatic carbocycles. The van der Waals surface area contributed by atoms with Gasteiger partial charge >= 0.3 is 0 Å². The van der Waals surface area contributed by atoms with Crippen molar-refractivity contribution in [1.82, 2.24) is 15.7 Å². The summed E-state index contributed by atoms with van der Waals surface area (Å²) in [5, 5.41) is 21.1. The smallest absolute Gasteiger partial charge is 0.243 e. The third-order valence-corrected chi connectivity index (χ3v) is 8.85. The molecule has 3 aromatic rings. The van der Waals surface area contributed by atoms with Crippen molar-refractivity contribution in [2.24, 2.45) is 0 Å². The number of nitrogens with one attached hydrogen (secondary N) is 2. The van der Waals surface area contributed by atoms with Crippen molar-refractivity contribution in [3.63, 3.8) is 0 Å². The molecule has 2 fully saturated rings. The van der Waals surface area contributed by atoms with Crippen LogP contribution in [0.5, 0.6) is 0 Å². The van der Waals surface area contributed by atoms with E-state index in [0.717, 1.165) is 91.9 Å². The Balaban J connectivity index is 1.20. The Morgan fingerprint density at radius 3 is 2.19 bits per heavy atom. The molecule has 0 aliphatic carbocycles. The molecule has 2 saturated heterocycles. The van der Waals surface area contributed by atoms with Gasteiger partial charge in [-0.2, -0.15) is 0 Å². The van der Waals surface area contributed by atoms with Crippen molar-refractivity contribution in [3.05, 3.63) is 95.1 Å². The van der Waals surface area contributed by atoms with E-state index in [-0.39, 0.29) is 37.0 Å². The molecule has 2 amide bonds. The van der Waals surface area contributed by atoms with E-state index in [2.05, 4.69) is 40.5 Å². The van der Waals surface area contributed by atoms with Crippen LogP contribution >= 0.6 is 0 Å². The fraction of sp³-hybridized carbons (Fsp3) is 0.459. The quantitative estimate of drug-likeness (QED) is 0.101. The number of ether oxygens (including phenoxy) is 3. The highest BCUT2D eigenvalue weighted by Gasteiger charge is 2.33. The molecule has 3 atom stereocenters. The number of rotatable bonds is 15. The number of hydrogen-bond acceptors (Lipinski definition) is 8. The van der Waals surface area contributed by atoms with Crippen molar-refractivity contribution in [2.75, 3.05) is 32.8 Å². The highest BCUT2D eigenvalue weighted by Crippen LogP contribution is 2.39. The predicted molar refractivity (Wildman–Crippen MR) is 177 cm³/mol. The number of morpholine rings is 1. The zero-order chi connectivity index (χ0) is 32.8. The molecule has 2 aliphatic heterocycles. The van der Waals surface area contributed by atoms with Crippen LogP contribution < -0.4 is 10.8 Å². The number of carbonyl (C=O) groups is 2. The molecular weight excluding hydrogens is 598 g/mol. The van der Waals surface area contributed by atoms with Crippen LogP contribution in [0.4, 0.5) is 0 Å². The van der Waals surface area contributed by atoms with Crippen molar-refractivity contribution in [1.29, 1.82) is 0 Å². The van der Waals surface area contributed by atoms with Gasteiger partial charge in [0.2, 0.25) is 11.8 Å². The summed E-state index contributed by atoms with van der Waals surface area (Å²) in [7, 11) is 0. The Kier molecular flexibility index (Phi) is 13.3. The van der Waals surface area contributed by atoms with Crippen molar-refractivity contribution in [3.8, 4) is 11.1 Å². The van der Waals surface area contributed by atoms with Crippen LogP contribution in [0, 0.1) is 0 Å². The summed E-state index contributed by atoms with van der Waals surface area (Å²) in [5.41, 5.74) is 7.66. The topological polar surface area (TPSA) is 130 Å². The van der Waals surface area contributed by atoms with Crippen LogP contribution in [0.15, 0.2) is 72.8 Å². The zero-order valence-electron chi connectivity index (χ0n) is 26.9. The first-order valence-corrected chi connectivity index (χ1v) is 16.7. The number of carbonyl (C=O) groups excluding carboxylic acids is 2. The van der Waals surface area contributed by atoms with Crippen LogP contribution in [-0.4, -0.2) is 66.0 Å². The molecular formula is C37H47N3O7. The maximum absolute atomic E-state index is 12.5. The monoisotopic (exact) mass is 645 g/mol. The molecule has 0 aromatic heterocycles. The Morgan fingerprint density at radius 1 is 0.809 bits per heavy atom. The van der Waals surface area contributed by atoms with E-state index in [1.165, 1.54) is 0 Å². The van der Waals surface area contributed by atoms with Gasteiger partial charge in [-0.25, -0.2) is 5.48 Å². The van der Waals surface area contributed by atoms with Gasteiger partial charge in [-0.1, -0.05) is 85.6 Å². The normalized spacial score (nSPS) is 20.1. The lowest BCUT2D eigenvalue weighted by atomic mass is 9.97. The van der Waals surface area contributed by atoms with E-state index < -0.39 is 6.29 Å². The Bertz CT molecular complexity index is 1410. The van der Waals surface area contributed by atoms with Crippen molar-refractivity contribution >= 4 is 11.8 Å². The van der Waals surface area contributed by atoms with Crippen LogP contribution in [0.1, 0.15) is 79.6 Å². The molecule has 10 nitrogen and oxygen atoms in total. The average Bonchev–Trinajstić information content (AvgIpc) is 3.12. The number of benzene rings is 3. The first kappa shape index (κ1) is 34.7. The minimum absolute atomic E-state index is 0.00189. The van der Waals surface area contributed by atoms with E-state index >= 15 is 0 Å². The highest BCUT2D eigenvalue weighted by atomic mass is 16.7. The van der Waals surface area contributed by atoms with E-state index in [0.29, 0.717) is 19.4 Å². The molecule has 252 valence electrons. The first-order chi connectivity index (χ1) is 23.0. The van der Waals surface area contributed by atoms with Crippen LogP contribution in [0.2, 0.25) is 0 Å². The van der Waals surface area contributed by atoms with Gasteiger partial charge in [0.25, 0.3) is 0 Å². The summed E-state index contributed by atoms with van der Waals surface area (Å²) in [6, 6.07) is 24.3. The molecule has 10 heteroatoms. The fourth-order valence-corrected chi connectivity index (χ4v) is 6.14. The summed E-state index contributed by atoms with van der Waals surface area (Å²) in [5.74, 6) is -0.378. The SMILES string of the molecule is O=C(CCCCCCC(=O)NCc1ccccc1-c1ccc(C2OC(CN3CCOCC3)CC(c3ccc(CO)cc3)O2)cc1)NO. The molecule has 0 spiro atoms. The average molecular weight is 646 g/mol. The van der Waals surface area contributed by atoms with Crippen molar-refractivity contribution < 1.29 is 34.1 Å². The van der Waals surface area contributed by atoms with Gasteiger partial charge in [-0.3, -0.25) is 19.7 Å². The maximum Gasteiger partial charge on any atom is 0.243 e. The number of hydroxylamine groups is 1. The predicted octanol–water partition coefficient (Wildman–Crippen LogP) is 5.19. The van der Waals surface area contributed by atoms with Crippen LogP contribution in [0.3, 0.4) is 0 Å². The summed E-state index contributed by atoms with van der Waals surface area (Å²) in [6.07, 6.45) is 3.94. The second kappa shape index (κ2) is 18.1. The van der Waals surface area contributed by atoms with E-state index in [4.69, 9.17) is 19.4 Å². The lowest BCUT2D eigenvalue weighted by Gasteiger charge is -2.39. The molecule has 2 heterocycles. The Morgan fingerprint density at radius 2 is 1.49 bits per heavy atom. The molecule has 5 rings (SSSR count). The number of unbranched alkanes of at least 4 members (excludes halogenated alkanes) is 3. The third-order valence-electron chi connectivity index (χ3n) is 8.85. The lowest BCUT2D eigenvalue weighted by Crippen LogP contribution is -2.44. The zero-order valence-corrected chi connectivity index (χ0v) is 26.9. The van der Waals surface area contributed by atoms with Gasteiger partial charge < -0.3 is 24.6 Å². The van der Waals surface area contributed by atoms with Gasteiger partial charge in [0.1, 0.15) is 0 Å². The van der Waals surface area contributed by atoms with E-state index in [1.54, 1.807) is 5.48 Å². The fourth-order valence-electron chi connectivity index (χ4n) is 6.14. The third kappa shape index (κ3) is 10.4. The second-order valence-electron chi connectivity index (χ2n) is 12.3. The number of amides is 2. The molecule has 3 unspecified atom stereocenters. The van der Waals surface area contributed by atoms with Crippen molar-refractivity contribution in [2.45, 2.75) is 76.6 Å². The number of aliphatic hydroxyl groups excluding tert-OH is 1. The van der Waals surface area contributed by atoms with Gasteiger partial charge in [0, 0.05) is 51.0 Å². The minimum atomic E-state index is -0.521. The van der Waals surface area contributed by atoms with Gasteiger partial charge in [-0.05, 0) is 40.7 Å². The number of nitrogens with zero attached hydrogens (tertiary/aromatic N) is 1. The van der Waals surface area contributed by atoms with Gasteiger partial charge in [0.15, 0.2) is 6.29 Å². The largest absolute Gasteiger partial charge is 0.392 e. The summed E-state index contributed by atoms with van der Waals surface area (Å²) < 4.78 is 18.7. The summed E-state index contributed by atoms with van der Waals surface area (Å²) in [6.45, 7) is 4.51. The minimum Gasteiger partial charge on any atom is -0.392 e. The molecule has 0 bridgehead atoms. The second-order valence-corrected chi connectivity index (χ2v) is 12.3. The number of aliphatic hydroxyl groups is 1. The summed E-state index contributed by atoms with van der Waals surface area (Å²) in [4.78, 5) is 26.0. The molecule has 0 saturated carbocycles. The standard InChI is InChI=1S/C37H47N3O7/c41-26-27-11-13-29(14-12-27)34-23-32(25-40-19-21-45-22-20-40)46-37(47-34)30-17-15-28(16-18-30)33-8-6-5-7-31(33)24-38-35(42)9-3-1-2-4-10-36(43)39-44/h5-8,11-18,32,34,37,41,44H,1-4,9-10,19-26H2,(H,38,42)(H,39,43). The lowest BCUT2D eigenvalue weighted by molar-refractivity contribution is -0.253. The number of hydrogen-bond donors (Lipinski definition) is 4. The summed E-state index contributed by atoms with van der Waals surface area (Å²) >= 11 is 0. The van der Waals surface area contributed by atoms with Crippen LogP contribution in [-0.2, 0) is 37.0 Å². The first-order valence-electron chi connectivity index (χ1n) is 16.7. The van der Waals surface area contributed by atoms with Gasteiger partial charge in [-0.15, -0.1) is 0 Å². The van der Waals surface area contributed by atoms with E-state index in [1.807, 2.05) is 42.5 Å². The maximum atomic E-state index is 12.5. The Hall–Kier alpha value is -3.64. The molecule has 2 aliphatic rings. The highest BCUT2D eigenvalue weighted by molar-refractivity contribution is 5.76. The van der Waals surface area contributed by atoms with E-state index in [9.17, 15) is 14.7 Å². The molecule has 0 radical (unpaired) electrons. The Labute approximate surface area is 277 Å².